The second-order valence-electron chi connectivity index (χ2n) is 6.78. The summed E-state index contributed by atoms with van der Waals surface area (Å²) in [6, 6.07) is 13.0. The minimum absolute atomic E-state index is 0.0878. The molecule has 2 aromatic heterocycles. The monoisotopic (exact) mass is 422 g/mol. The third-order valence-electron chi connectivity index (χ3n) is 4.65. The van der Waals surface area contributed by atoms with Gasteiger partial charge in [0.1, 0.15) is 16.8 Å². The number of aromatic nitrogens is 1. The number of nitrogens with one attached hydrogen (secondary N) is 1. The average molecular weight is 423 g/mol. The fourth-order valence-electron chi connectivity index (χ4n) is 3.12. The number of amides is 1. The first-order chi connectivity index (χ1) is 14.6. The Labute approximate surface area is 177 Å². The zero-order valence-corrected chi connectivity index (χ0v) is 17.0. The summed E-state index contributed by atoms with van der Waals surface area (Å²) < 4.78 is 11.5. The summed E-state index contributed by atoms with van der Waals surface area (Å²) in [5.74, 6) is 0.0371. The van der Waals surface area contributed by atoms with Crippen LogP contribution in [0.1, 0.15) is 30.3 Å². The Morgan fingerprint density at radius 3 is 2.87 bits per heavy atom. The highest BCUT2D eigenvalue weighted by molar-refractivity contribution is 6.31. The molecule has 0 saturated heterocycles. The molecule has 1 N–H and O–H groups in total. The van der Waals surface area contributed by atoms with Crippen LogP contribution in [-0.4, -0.2) is 17.5 Å². The van der Waals surface area contributed by atoms with Gasteiger partial charge in [-0.15, -0.1) is 0 Å². The Hall–Kier alpha value is -3.38. The predicted octanol–water partition coefficient (Wildman–Crippen LogP) is 5.43. The van der Waals surface area contributed by atoms with Crippen molar-refractivity contribution in [3.8, 4) is 5.75 Å². The van der Waals surface area contributed by atoms with Crippen LogP contribution in [0.25, 0.3) is 21.9 Å². The minimum atomic E-state index is -0.534. The van der Waals surface area contributed by atoms with Gasteiger partial charge in [-0.25, -0.2) is 0 Å². The number of nitrogens with zero attached hydrogens (tertiary/aromatic N) is 1. The normalized spacial score (nSPS) is 11.0. The van der Waals surface area contributed by atoms with Crippen molar-refractivity contribution in [1.29, 1.82) is 0 Å². The lowest BCUT2D eigenvalue weighted by Crippen LogP contribution is -2.15. The summed E-state index contributed by atoms with van der Waals surface area (Å²) in [6.45, 7) is 2.69. The number of halogens is 1. The first kappa shape index (κ1) is 19.9. The largest absolute Gasteiger partial charge is 0.491 e. The van der Waals surface area contributed by atoms with E-state index in [9.17, 15) is 9.59 Å². The molecule has 0 spiro atoms. The molecule has 152 valence electrons. The molecule has 0 atom stereocenters. The van der Waals surface area contributed by atoms with Crippen LogP contribution in [0.4, 0.5) is 5.69 Å². The van der Waals surface area contributed by atoms with Crippen LogP contribution in [0, 0.1) is 0 Å². The second kappa shape index (κ2) is 8.55. The number of carbonyl (C=O) groups is 1. The van der Waals surface area contributed by atoms with Crippen LogP contribution in [0.15, 0.2) is 63.9 Å². The number of ether oxygens (including phenoxy) is 1. The van der Waals surface area contributed by atoms with Crippen LogP contribution in [-0.2, 0) is 0 Å². The molecule has 6 nitrogen and oxygen atoms in total. The van der Waals surface area contributed by atoms with Crippen molar-refractivity contribution >= 4 is 45.1 Å². The van der Waals surface area contributed by atoms with Gasteiger partial charge in [0.05, 0.1) is 17.7 Å². The summed E-state index contributed by atoms with van der Waals surface area (Å²) in [4.78, 5) is 29.6. The van der Waals surface area contributed by atoms with Gasteiger partial charge in [0.15, 0.2) is 11.2 Å². The highest BCUT2D eigenvalue weighted by Gasteiger charge is 2.16. The Kier molecular flexibility index (Phi) is 5.68. The zero-order chi connectivity index (χ0) is 21.1. The van der Waals surface area contributed by atoms with Crippen LogP contribution in [0.3, 0.4) is 0 Å². The van der Waals surface area contributed by atoms with E-state index in [1.807, 2.05) is 6.07 Å². The second-order valence-corrected chi connectivity index (χ2v) is 7.22. The molecule has 2 aromatic carbocycles. The summed E-state index contributed by atoms with van der Waals surface area (Å²) >= 11 is 5.93. The first-order valence-electron chi connectivity index (χ1n) is 9.62. The SMILES string of the molecule is CCCCOc1ccc(NC(=O)c2cc(=O)c3cc(Cl)ccc3o2)c2cccnc12. The fourth-order valence-corrected chi connectivity index (χ4v) is 3.30. The standard InChI is InChI=1S/C23H19ClN2O4/c1-2-3-11-29-20-9-7-17(15-5-4-10-25-22(15)20)26-23(28)21-13-18(27)16-12-14(24)6-8-19(16)30-21/h4-10,12-13H,2-3,11H2,1H3,(H,26,28). The predicted molar refractivity (Wildman–Crippen MR) is 118 cm³/mol. The molecule has 0 aliphatic heterocycles. The van der Waals surface area contributed by atoms with Crippen LogP contribution in [0.2, 0.25) is 5.02 Å². The molecular formula is C23H19ClN2O4. The topological polar surface area (TPSA) is 81.4 Å². The summed E-state index contributed by atoms with van der Waals surface area (Å²) in [5, 5.41) is 4.28. The molecule has 0 bridgehead atoms. The molecule has 0 aliphatic rings. The molecule has 30 heavy (non-hydrogen) atoms. The van der Waals surface area contributed by atoms with Crippen LogP contribution < -0.4 is 15.5 Å². The maximum absolute atomic E-state index is 12.8. The Morgan fingerprint density at radius 2 is 2.03 bits per heavy atom. The van der Waals surface area contributed by atoms with Gasteiger partial charge >= 0.3 is 0 Å². The fraction of sp³-hybridized carbons (Fsp3) is 0.174. The van der Waals surface area contributed by atoms with Crippen molar-refractivity contribution in [2.75, 3.05) is 11.9 Å². The van der Waals surface area contributed by atoms with Crippen molar-refractivity contribution in [2.45, 2.75) is 19.8 Å². The van der Waals surface area contributed by atoms with E-state index in [0.29, 0.717) is 39.6 Å². The van der Waals surface area contributed by atoms with E-state index in [2.05, 4.69) is 17.2 Å². The average Bonchev–Trinajstić information content (AvgIpc) is 2.75. The number of fused-ring (bicyclic) bond motifs is 2. The molecule has 4 rings (SSSR count). The van der Waals surface area contributed by atoms with Gasteiger partial charge in [-0.2, -0.15) is 0 Å². The van der Waals surface area contributed by atoms with Gasteiger partial charge < -0.3 is 14.5 Å². The van der Waals surface area contributed by atoms with Crippen LogP contribution in [0.5, 0.6) is 5.75 Å². The molecule has 0 radical (unpaired) electrons. The number of hydrogen-bond donors (Lipinski definition) is 1. The van der Waals surface area contributed by atoms with Gasteiger partial charge in [-0.05, 0) is 48.9 Å². The number of hydrogen-bond acceptors (Lipinski definition) is 5. The number of anilines is 1. The van der Waals surface area contributed by atoms with E-state index in [-0.39, 0.29) is 11.2 Å². The molecule has 1 amide bonds. The number of pyridine rings is 1. The lowest BCUT2D eigenvalue weighted by molar-refractivity contribution is 0.0997. The van der Waals surface area contributed by atoms with Gasteiger partial charge in [-0.3, -0.25) is 14.6 Å². The smallest absolute Gasteiger partial charge is 0.291 e. The quantitative estimate of drug-likeness (QED) is 0.419. The molecule has 7 heteroatoms. The van der Waals surface area contributed by atoms with E-state index < -0.39 is 5.91 Å². The van der Waals surface area contributed by atoms with Crippen molar-refractivity contribution in [3.63, 3.8) is 0 Å². The highest BCUT2D eigenvalue weighted by Crippen LogP contribution is 2.30. The molecule has 4 aromatic rings. The third kappa shape index (κ3) is 4.00. The molecule has 0 unspecified atom stereocenters. The van der Waals surface area contributed by atoms with E-state index >= 15 is 0 Å². The Bertz CT molecular complexity index is 1300. The summed E-state index contributed by atoms with van der Waals surface area (Å²) in [7, 11) is 0. The van der Waals surface area contributed by atoms with Crippen LogP contribution >= 0.6 is 11.6 Å². The molecule has 0 aliphatic carbocycles. The van der Waals surface area contributed by atoms with Crippen molar-refractivity contribution < 1.29 is 13.9 Å². The Morgan fingerprint density at radius 1 is 1.17 bits per heavy atom. The highest BCUT2D eigenvalue weighted by atomic mass is 35.5. The minimum Gasteiger partial charge on any atom is -0.491 e. The third-order valence-corrected chi connectivity index (χ3v) is 4.88. The molecular weight excluding hydrogens is 404 g/mol. The maximum Gasteiger partial charge on any atom is 0.291 e. The van der Waals surface area contributed by atoms with E-state index in [4.69, 9.17) is 20.8 Å². The van der Waals surface area contributed by atoms with Gasteiger partial charge in [0, 0.05) is 22.7 Å². The van der Waals surface area contributed by atoms with E-state index in [0.717, 1.165) is 24.3 Å². The molecule has 0 saturated carbocycles. The number of rotatable bonds is 6. The lowest BCUT2D eigenvalue weighted by atomic mass is 10.1. The summed E-state index contributed by atoms with van der Waals surface area (Å²) in [6.07, 6.45) is 3.65. The van der Waals surface area contributed by atoms with Gasteiger partial charge in [0.2, 0.25) is 0 Å². The van der Waals surface area contributed by atoms with Crippen molar-refractivity contribution in [3.05, 3.63) is 75.7 Å². The number of unbranched alkanes of at least 4 members (excludes halogenated alkanes) is 1. The summed E-state index contributed by atoms with van der Waals surface area (Å²) in [5.41, 5.74) is 1.16. The molecule has 0 fully saturated rings. The maximum atomic E-state index is 12.8. The zero-order valence-electron chi connectivity index (χ0n) is 16.3. The Balaban J connectivity index is 1.67. The van der Waals surface area contributed by atoms with Crippen molar-refractivity contribution in [2.24, 2.45) is 0 Å². The van der Waals surface area contributed by atoms with Gasteiger partial charge in [-0.1, -0.05) is 24.9 Å². The van der Waals surface area contributed by atoms with Gasteiger partial charge in [0.25, 0.3) is 5.91 Å². The molecule has 2 heterocycles. The number of carbonyl (C=O) groups excluding carboxylic acids is 1. The lowest BCUT2D eigenvalue weighted by Gasteiger charge is -2.12. The first-order valence-corrected chi connectivity index (χ1v) is 10.00. The number of benzene rings is 2. The van der Waals surface area contributed by atoms with Crippen molar-refractivity contribution in [1.82, 2.24) is 4.98 Å². The van der Waals surface area contributed by atoms with E-state index in [1.54, 1.807) is 36.5 Å². The van der Waals surface area contributed by atoms with E-state index in [1.165, 1.54) is 6.07 Å².